The van der Waals surface area contributed by atoms with Crippen molar-refractivity contribution in [3.63, 3.8) is 0 Å². The van der Waals surface area contributed by atoms with Crippen LogP contribution >= 0.6 is 0 Å². The minimum Gasteiger partial charge on any atom is -0.437 e. The van der Waals surface area contributed by atoms with E-state index in [2.05, 4.69) is 4.98 Å². The highest BCUT2D eigenvalue weighted by Crippen LogP contribution is 2.38. The Balaban J connectivity index is 2.12. The van der Waals surface area contributed by atoms with Gasteiger partial charge in [0.05, 0.1) is 5.56 Å². The van der Waals surface area contributed by atoms with Gasteiger partial charge in [0.2, 0.25) is 11.4 Å². The third-order valence-corrected chi connectivity index (χ3v) is 4.56. The molecule has 1 unspecified atom stereocenters. The maximum Gasteiger partial charge on any atom is 0.227 e. The van der Waals surface area contributed by atoms with Crippen LogP contribution in [0.3, 0.4) is 0 Å². The topological polar surface area (TPSA) is 29.9 Å². The van der Waals surface area contributed by atoms with Crippen molar-refractivity contribution in [2.45, 2.75) is 33.4 Å². The summed E-state index contributed by atoms with van der Waals surface area (Å²) in [4.78, 5) is 4.26. The van der Waals surface area contributed by atoms with Gasteiger partial charge >= 0.3 is 0 Å². The molecule has 0 saturated carbocycles. The fourth-order valence-corrected chi connectivity index (χ4v) is 3.29. The van der Waals surface area contributed by atoms with Gasteiger partial charge in [-0.2, -0.15) is 0 Å². The molecule has 0 bridgehead atoms. The quantitative estimate of drug-likeness (QED) is 0.469. The third-order valence-electron chi connectivity index (χ3n) is 4.56. The molecule has 3 heterocycles. The lowest BCUT2D eigenvalue weighted by atomic mass is 9.95. The first-order chi connectivity index (χ1) is 14.7. The zero-order chi connectivity index (χ0) is 23.6. The van der Waals surface area contributed by atoms with E-state index in [0.717, 1.165) is 0 Å². The maximum atomic E-state index is 8.49. The molecule has 1 atom stereocenters. The van der Waals surface area contributed by atoms with Gasteiger partial charge in [0, 0.05) is 38.7 Å². The second-order valence-corrected chi connectivity index (χ2v) is 6.31. The largest absolute Gasteiger partial charge is 0.437 e. The smallest absolute Gasteiger partial charge is 0.227 e. The first-order valence-electron chi connectivity index (χ1n) is 11.6. The van der Waals surface area contributed by atoms with E-state index >= 15 is 0 Å². The molecule has 0 N–H and O–H groups in total. The van der Waals surface area contributed by atoms with Gasteiger partial charge in [0.1, 0.15) is 7.05 Å². The summed E-state index contributed by atoms with van der Waals surface area (Å²) in [6.45, 7) is -1.73. The second kappa shape index (κ2) is 5.69. The highest BCUT2D eigenvalue weighted by Gasteiger charge is 2.23. The highest BCUT2D eigenvalue weighted by atomic mass is 16.3. The molecule has 0 radical (unpaired) electrons. The van der Waals surface area contributed by atoms with Crippen molar-refractivity contribution < 1.29 is 18.6 Å². The highest BCUT2D eigenvalue weighted by molar-refractivity contribution is 6.10. The van der Waals surface area contributed by atoms with Crippen LogP contribution < -0.4 is 4.57 Å². The molecule has 0 fully saturated rings. The number of benzene rings is 1. The Morgan fingerprint density at radius 1 is 1.28 bits per heavy atom. The Bertz CT molecular complexity index is 1350. The van der Waals surface area contributed by atoms with E-state index in [1.54, 1.807) is 61.3 Å². The monoisotopic (exact) mass is 338 g/mol. The zero-order valence-corrected chi connectivity index (χ0v) is 14.3. The zero-order valence-electron chi connectivity index (χ0n) is 21.3. The molecule has 126 valence electrons. The predicted octanol–water partition coefficient (Wildman–Crippen LogP) is 5.21. The Morgan fingerprint density at radius 2 is 2.16 bits per heavy atom. The van der Waals surface area contributed by atoms with Crippen molar-refractivity contribution in [1.29, 1.82) is 0 Å². The van der Waals surface area contributed by atoms with E-state index in [1.165, 1.54) is 6.92 Å². The molecule has 3 nitrogen and oxygen atoms in total. The molecule has 0 aliphatic heterocycles. The number of aryl methyl sites for hydroxylation is 3. The molecular formula is C22H23N2O+. The maximum absolute atomic E-state index is 8.49. The van der Waals surface area contributed by atoms with E-state index in [1.807, 2.05) is 0 Å². The number of hydrogen-bond donors (Lipinski definition) is 0. The van der Waals surface area contributed by atoms with Crippen LogP contribution in [-0.2, 0) is 7.05 Å². The SMILES string of the molecule is [2H]C([2H])([2H])c1cc(C)c(-c2cc(C([2H])(C)C([2H])([2H])[2H])cc[n+]2C)c2oc3ncccc3c12. The van der Waals surface area contributed by atoms with E-state index < -0.39 is 19.6 Å². The molecule has 1 aromatic carbocycles. The van der Waals surface area contributed by atoms with Crippen LogP contribution in [0.4, 0.5) is 0 Å². The summed E-state index contributed by atoms with van der Waals surface area (Å²) in [6, 6.07) is 8.41. The summed E-state index contributed by atoms with van der Waals surface area (Å²) in [5.74, 6) is -1.82. The van der Waals surface area contributed by atoms with Crippen LogP contribution in [0, 0.1) is 13.8 Å². The van der Waals surface area contributed by atoms with E-state index in [9.17, 15) is 0 Å². The summed E-state index contributed by atoms with van der Waals surface area (Å²) >= 11 is 0. The van der Waals surface area contributed by atoms with Gasteiger partial charge in [-0.25, -0.2) is 9.55 Å². The van der Waals surface area contributed by atoms with Crippen molar-refractivity contribution in [2.24, 2.45) is 7.05 Å². The van der Waals surface area contributed by atoms with Gasteiger partial charge in [-0.05, 0) is 48.5 Å². The Kier molecular flexibility index (Phi) is 2.21. The Labute approximate surface area is 157 Å². The molecule has 4 aromatic rings. The number of furan rings is 1. The predicted molar refractivity (Wildman–Crippen MR) is 102 cm³/mol. The molecule has 0 amide bonds. The van der Waals surface area contributed by atoms with Crippen LogP contribution in [0.25, 0.3) is 33.3 Å². The Morgan fingerprint density at radius 3 is 2.96 bits per heavy atom. The van der Waals surface area contributed by atoms with Crippen LogP contribution in [0.15, 0.2) is 47.1 Å². The summed E-state index contributed by atoms with van der Waals surface area (Å²) in [7, 11) is 1.81. The van der Waals surface area contributed by atoms with Gasteiger partial charge in [-0.3, -0.25) is 0 Å². The van der Waals surface area contributed by atoms with Gasteiger partial charge < -0.3 is 4.42 Å². The third kappa shape index (κ3) is 2.42. The fourth-order valence-electron chi connectivity index (χ4n) is 3.29. The fraction of sp³-hybridized carbons (Fsp3) is 0.273. The summed E-state index contributed by atoms with van der Waals surface area (Å²) in [5, 5.41) is 1.06. The summed E-state index contributed by atoms with van der Waals surface area (Å²) in [6.07, 6.45) is 3.28. The van der Waals surface area contributed by atoms with Crippen molar-refractivity contribution in [3.05, 3.63) is 59.4 Å². The molecular weight excluding hydrogens is 308 g/mol. The van der Waals surface area contributed by atoms with E-state index in [0.29, 0.717) is 44.5 Å². The molecule has 0 spiro atoms. The molecule has 0 aliphatic carbocycles. The first-order valence-corrected chi connectivity index (χ1v) is 8.05. The van der Waals surface area contributed by atoms with Gasteiger partial charge in [-0.1, -0.05) is 19.8 Å². The summed E-state index contributed by atoms with van der Waals surface area (Å²) in [5.41, 5.74) is 3.11. The van der Waals surface area contributed by atoms with Crippen LogP contribution in [-0.4, -0.2) is 4.98 Å². The number of rotatable bonds is 2. The van der Waals surface area contributed by atoms with Crippen molar-refractivity contribution >= 4 is 22.1 Å². The number of pyridine rings is 2. The molecule has 0 saturated heterocycles. The summed E-state index contributed by atoms with van der Waals surface area (Å²) < 4.78 is 63.9. The average molecular weight is 338 g/mol. The second-order valence-electron chi connectivity index (χ2n) is 6.31. The molecule has 4 rings (SSSR count). The standard InChI is InChI=1S/C22H23N2O/c1-13(2)16-8-10-24(5)18(12-16)20-15(4)11-14(3)19-17-7-6-9-23-22(17)25-21(19)20/h6-13H,1-5H3/q+1/i1D3,3D3,13D. The van der Waals surface area contributed by atoms with E-state index in [4.69, 9.17) is 14.0 Å². The van der Waals surface area contributed by atoms with Crippen LogP contribution in [0.5, 0.6) is 0 Å². The number of aromatic nitrogens is 2. The molecule has 25 heavy (non-hydrogen) atoms. The minimum absolute atomic E-state index is 0.173. The van der Waals surface area contributed by atoms with Crippen LogP contribution in [0.1, 0.15) is 46.0 Å². The Hall–Kier alpha value is -2.68. The van der Waals surface area contributed by atoms with Crippen molar-refractivity contribution in [2.75, 3.05) is 0 Å². The van der Waals surface area contributed by atoms with Gasteiger partial charge in [0.25, 0.3) is 0 Å². The molecule has 3 heteroatoms. The van der Waals surface area contributed by atoms with Crippen LogP contribution in [0.2, 0.25) is 0 Å². The lowest BCUT2D eigenvalue weighted by molar-refractivity contribution is -0.660. The van der Waals surface area contributed by atoms with Gasteiger partial charge in [-0.15, -0.1) is 0 Å². The van der Waals surface area contributed by atoms with Gasteiger partial charge in [0.15, 0.2) is 11.8 Å². The van der Waals surface area contributed by atoms with Crippen molar-refractivity contribution in [3.8, 4) is 11.3 Å². The molecule has 3 aromatic heterocycles. The number of nitrogens with zero attached hydrogens (tertiary/aromatic N) is 2. The first kappa shape index (κ1) is 9.71. The van der Waals surface area contributed by atoms with E-state index in [-0.39, 0.29) is 5.56 Å². The normalized spacial score (nSPS) is 19.2. The minimum atomic E-state index is -2.52. The lowest BCUT2D eigenvalue weighted by Crippen LogP contribution is -2.31. The number of fused-ring (bicyclic) bond motifs is 3. The lowest BCUT2D eigenvalue weighted by Gasteiger charge is -2.10. The van der Waals surface area contributed by atoms with Crippen molar-refractivity contribution in [1.82, 2.24) is 4.98 Å². The molecule has 0 aliphatic rings. The number of hydrogen-bond acceptors (Lipinski definition) is 2. The average Bonchev–Trinajstić information content (AvgIpc) is 3.05.